The molecule has 3 N–H and O–H groups in total. The quantitative estimate of drug-likeness (QED) is 0.550. The van der Waals surface area contributed by atoms with Gasteiger partial charge >= 0.3 is 5.97 Å². The molecule has 0 aliphatic rings. The first kappa shape index (κ1) is 5.23. The molecule has 0 fully saturated rings. The third kappa shape index (κ3) is 3.97. The number of hydrogen-bond donors (Lipinski definition) is 2. The van der Waals surface area contributed by atoms with Crippen molar-refractivity contribution in [1.82, 2.24) is 0 Å². The molecule has 54 valence electrons. The number of nitrogens with two attached hydrogens (primary N) is 1. The van der Waals surface area contributed by atoms with Crippen molar-refractivity contribution >= 4 is 5.97 Å². The molecule has 3 nitrogen and oxygen atoms in total. The Labute approximate surface area is 57.7 Å². The van der Waals surface area contributed by atoms with Crippen molar-refractivity contribution in [3.05, 3.63) is 0 Å². The van der Waals surface area contributed by atoms with Gasteiger partial charge in [0.25, 0.3) is 0 Å². The Morgan fingerprint density at radius 2 is 2.44 bits per heavy atom. The molecule has 0 aromatic rings. The number of hydrogen-bond acceptors (Lipinski definition) is 2. The number of aliphatic carboxylic acids is 1. The van der Waals surface area contributed by atoms with Crippen LogP contribution in [0.15, 0.2) is 0 Å². The predicted octanol–water partition coefficient (Wildman–Crippen LogP) is 0.444. The van der Waals surface area contributed by atoms with Gasteiger partial charge in [-0.25, -0.2) is 0 Å². The maximum Gasteiger partial charge on any atom is 0.320 e. The molecule has 0 saturated heterocycles. The van der Waals surface area contributed by atoms with E-state index in [1.807, 2.05) is 0 Å². The second kappa shape index (κ2) is 3.45. The lowest BCUT2D eigenvalue weighted by molar-refractivity contribution is -0.138. The van der Waals surface area contributed by atoms with E-state index in [4.69, 9.17) is 13.6 Å². The van der Waals surface area contributed by atoms with Crippen LogP contribution in [0.2, 0.25) is 0 Å². The van der Waals surface area contributed by atoms with Crippen molar-refractivity contribution < 1.29 is 12.6 Å². The zero-order valence-corrected chi connectivity index (χ0v) is 5.59. The highest BCUT2D eigenvalue weighted by Gasteiger charge is 2.11. The average molecular weight is 134 g/mol. The molecule has 0 amide bonds. The zero-order valence-electron chi connectivity index (χ0n) is 7.59. The van der Waals surface area contributed by atoms with Gasteiger partial charge in [0.1, 0.15) is 6.04 Å². The average Bonchev–Trinajstić information content (AvgIpc) is 1.82. The van der Waals surface area contributed by atoms with Crippen LogP contribution < -0.4 is 5.73 Å². The van der Waals surface area contributed by atoms with Crippen molar-refractivity contribution in [1.29, 1.82) is 0 Å². The summed E-state index contributed by atoms with van der Waals surface area (Å²) in [6.07, 6.45) is -1.10. The Morgan fingerprint density at radius 1 is 2.00 bits per heavy atom. The SMILES string of the molecule is [2H][13C@H]([C@H]([13NH2])C(=O)O)C([2H])(C)[13CH3]. The largest absolute Gasteiger partial charge is 0.480 e. The smallest absolute Gasteiger partial charge is 0.320 e. The summed E-state index contributed by atoms with van der Waals surface area (Å²) < 4.78 is 14.6. The second-order valence-corrected chi connectivity index (χ2v) is 2.11. The van der Waals surface area contributed by atoms with Gasteiger partial charge in [-0.05, 0) is 12.3 Å². The Hall–Kier alpha value is -0.570. The lowest BCUT2D eigenvalue weighted by atomic mass is 10.3. The van der Waals surface area contributed by atoms with E-state index in [1.165, 1.54) is 13.8 Å². The van der Waals surface area contributed by atoms with E-state index in [-0.39, 0.29) is 0 Å². The molecule has 0 radical (unpaired) electrons. The molecule has 0 aromatic heterocycles. The monoisotopic (exact) mass is 134 g/mol. The summed E-state index contributed by atoms with van der Waals surface area (Å²) in [5.41, 5.74) is 5.14. The van der Waals surface area contributed by atoms with Crippen LogP contribution in [0.4, 0.5) is 0 Å². The van der Waals surface area contributed by atoms with E-state index in [0.29, 0.717) is 0 Å². The molecule has 0 heterocycles. The summed E-state index contributed by atoms with van der Waals surface area (Å²) in [6, 6.07) is -1.28. The first-order valence-electron chi connectivity index (χ1n) is 3.75. The minimum Gasteiger partial charge on any atom is -0.480 e. The van der Waals surface area contributed by atoms with E-state index in [0.717, 1.165) is 0 Å². The Kier molecular flexibility index (Phi) is 2.01. The summed E-state index contributed by atoms with van der Waals surface area (Å²) >= 11 is 0. The van der Waals surface area contributed by atoms with Crippen molar-refractivity contribution in [3.63, 3.8) is 0 Å². The predicted molar refractivity (Wildman–Crippen MR) is 35.1 cm³/mol. The van der Waals surface area contributed by atoms with Crippen LogP contribution in [0, 0.1) is 5.89 Å². The van der Waals surface area contributed by atoms with Crippen LogP contribution in [0.25, 0.3) is 0 Å². The van der Waals surface area contributed by atoms with E-state index < -0.39 is 24.3 Å². The van der Waals surface area contributed by atoms with Crippen LogP contribution >= 0.6 is 0 Å². The van der Waals surface area contributed by atoms with Gasteiger partial charge in [0, 0.05) is 2.74 Å². The Morgan fingerprint density at radius 3 is 2.56 bits per heavy atom. The molecule has 9 heavy (non-hydrogen) atoms. The fourth-order valence-electron chi connectivity index (χ4n) is 0.430. The van der Waals surface area contributed by atoms with Gasteiger partial charge in [0.15, 0.2) is 0 Å². The molecule has 0 aliphatic heterocycles. The molecular weight excluding hydrogens is 119 g/mol. The molecule has 0 rings (SSSR count). The van der Waals surface area contributed by atoms with E-state index in [9.17, 15) is 4.79 Å². The highest BCUT2D eigenvalue weighted by Crippen LogP contribution is 2.01. The number of carbonyl (C=O) groups is 1. The van der Waals surface area contributed by atoms with Gasteiger partial charge in [-0.1, -0.05) is 13.8 Å². The normalized spacial score (nSPS) is 27.0. The Bertz CT molecular complexity index is 155. The number of carboxylic acid groups (broad SMARTS) is 1. The third-order valence-electron chi connectivity index (χ3n) is 0.798. The first-order valence-corrected chi connectivity index (χ1v) is 2.67. The fourth-order valence-corrected chi connectivity index (χ4v) is 0.430. The third-order valence-corrected chi connectivity index (χ3v) is 0.798. The minimum atomic E-state index is -1.28. The number of carboxylic acids is 1. The molecular formula is C6H13NO2. The maximum atomic E-state index is 10.3. The second-order valence-electron chi connectivity index (χ2n) is 2.11. The lowest BCUT2D eigenvalue weighted by Crippen LogP contribution is -2.31. The highest BCUT2D eigenvalue weighted by atomic mass is 16.4. The number of rotatable bonds is 3. The molecule has 3 atom stereocenters. The Balaban J connectivity index is 4.25. The molecule has 0 bridgehead atoms. The molecule has 0 saturated carbocycles. The van der Waals surface area contributed by atoms with E-state index in [2.05, 4.69) is 0 Å². The van der Waals surface area contributed by atoms with Gasteiger partial charge in [-0.2, -0.15) is 0 Å². The van der Waals surface area contributed by atoms with Gasteiger partial charge in [0.05, 0.1) is 0 Å². The topological polar surface area (TPSA) is 63.3 Å². The summed E-state index contributed by atoms with van der Waals surface area (Å²) in [5, 5.41) is 8.39. The summed E-state index contributed by atoms with van der Waals surface area (Å²) in [5.74, 6) is -2.36. The van der Waals surface area contributed by atoms with Crippen LogP contribution in [-0.4, -0.2) is 17.1 Å². The summed E-state index contributed by atoms with van der Waals surface area (Å²) in [6.45, 7) is 2.93. The summed E-state index contributed by atoms with van der Waals surface area (Å²) in [7, 11) is 0. The van der Waals surface area contributed by atoms with Crippen LogP contribution in [0.3, 0.4) is 0 Å². The lowest BCUT2D eigenvalue weighted by Gasteiger charge is -2.07. The molecule has 3 heteroatoms. The van der Waals surface area contributed by atoms with Gasteiger partial charge < -0.3 is 10.8 Å². The van der Waals surface area contributed by atoms with Crippen LogP contribution in [0.1, 0.15) is 23.0 Å². The van der Waals surface area contributed by atoms with Crippen LogP contribution in [-0.2, 0) is 4.79 Å². The van der Waals surface area contributed by atoms with Crippen molar-refractivity contribution in [2.45, 2.75) is 26.3 Å². The van der Waals surface area contributed by atoms with Gasteiger partial charge in [-0.3, -0.25) is 4.79 Å². The van der Waals surface area contributed by atoms with Gasteiger partial charge in [0.2, 0.25) is 0 Å². The fraction of sp³-hybridized carbons (Fsp3) is 0.833. The molecule has 1 unspecified atom stereocenters. The van der Waals surface area contributed by atoms with Gasteiger partial charge in [-0.15, -0.1) is 0 Å². The standard InChI is InChI=1S/C6H13NO2/c1-4(2)3-5(7)6(8)9/h4-5H,3,7H2,1-2H3,(H,8,9)/t5-/m0/s1/i1+1,3+1D,4D,7-1/t3-,4?,5-. The first-order chi connectivity index (χ1) is 4.76. The molecule has 0 aliphatic carbocycles. The summed E-state index contributed by atoms with van der Waals surface area (Å²) in [4.78, 5) is 10.3. The zero-order chi connectivity index (χ0) is 9.23. The highest BCUT2D eigenvalue weighted by molar-refractivity contribution is 5.72. The van der Waals surface area contributed by atoms with Crippen molar-refractivity contribution in [2.24, 2.45) is 11.6 Å². The van der Waals surface area contributed by atoms with Crippen molar-refractivity contribution in [3.8, 4) is 0 Å². The maximum absolute atomic E-state index is 10.3. The molecule has 0 aromatic carbocycles. The van der Waals surface area contributed by atoms with E-state index in [1.54, 1.807) is 0 Å². The van der Waals surface area contributed by atoms with Crippen LogP contribution in [0.5, 0.6) is 0 Å². The molecule has 0 spiro atoms. The minimum absolute atomic E-state index is 1.10. The van der Waals surface area contributed by atoms with E-state index >= 15 is 0 Å². The van der Waals surface area contributed by atoms with Crippen molar-refractivity contribution in [2.75, 3.05) is 0 Å².